The molecule has 2 aromatic rings. The average Bonchev–Trinajstić information content (AvgIpc) is 3.45. The van der Waals surface area contributed by atoms with Crippen molar-refractivity contribution in [3.8, 4) is 17.2 Å². The molecule has 2 unspecified atom stereocenters. The smallest absolute Gasteiger partial charge is 0.295 e. The molecule has 2 fully saturated rings. The Bertz CT molecular complexity index is 1050. The van der Waals surface area contributed by atoms with E-state index in [0.717, 1.165) is 12.8 Å². The monoisotopic (exact) mass is 453 g/mol. The zero-order chi connectivity index (χ0) is 23.5. The number of Topliss-reactive ketones (excluding diaryl/α,β-unsaturated/α-hetero) is 1. The third-order valence-electron chi connectivity index (χ3n) is 6.01. The molecule has 2 aromatic carbocycles. The fourth-order valence-electron chi connectivity index (χ4n) is 4.43. The molecular weight excluding hydrogens is 426 g/mol. The molecule has 2 aliphatic rings. The Morgan fingerprint density at radius 1 is 1.06 bits per heavy atom. The number of ether oxygens (including phenoxy) is 4. The van der Waals surface area contributed by atoms with Crippen LogP contribution < -0.4 is 14.2 Å². The van der Waals surface area contributed by atoms with Crippen molar-refractivity contribution in [1.29, 1.82) is 0 Å². The predicted octanol–water partition coefficient (Wildman–Crippen LogP) is 3.31. The maximum Gasteiger partial charge on any atom is 0.295 e. The highest BCUT2D eigenvalue weighted by atomic mass is 16.5. The molecule has 174 valence electrons. The lowest BCUT2D eigenvalue weighted by Crippen LogP contribution is -2.36. The van der Waals surface area contributed by atoms with Gasteiger partial charge in [-0.1, -0.05) is 30.3 Å². The second-order valence-electron chi connectivity index (χ2n) is 7.91. The Labute approximate surface area is 192 Å². The first kappa shape index (κ1) is 22.7. The van der Waals surface area contributed by atoms with Gasteiger partial charge in [-0.2, -0.15) is 0 Å². The third kappa shape index (κ3) is 4.14. The SMILES string of the molecule is COc1cc(C2/C(=C(\O)c3ccccc3)C(=O)C(=O)N2CC2CCCO2)cc(OC)c1OC. The van der Waals surface area contributed by atoms with Crippen molar-refractivity contribution in [2.24, 2.45) is 0 Å². The van der Waals surface area contributed by atoms with Crippen LogP contribution in [0.2, 0.25) is 0 Å². The van der Waals surface area contributed by atoms with E-state index in [1.807, 2.05) is 6.07 Å². The fraction of sp³-hybridized carbons (Fsp3) is 0.360. The van der Waals surface area contributed by atoms with Crippen LogP contribution >= 0.6 is 0 Å². The lowest BCUT2D eigenvalue weighted by atomic mass is 9.94. The van der Waals surface area contributed by atoms with Crippen LogP contribution in [0.5, 0.6) is 17.2 Å². The van der Waals surface area contributed by atoms with Crippen LogP contribution in [0.4, 0.5) is 0 Å². The van der Waals surface area contributed by atoms with Gasteiger partial charge >= 0.3 is 0 Å². The number of amides is 1. The van der Waals surface area contributed by atoms with Crippen molar-refractivity contribution in [1.82, 2.24) is 4.90 Å². The molecule has 0 bridgehead atoms. The second kappa shape index (κ2) is 9.54. The summed E-state index contributed by atoms with van der Waals surface area (Å²) in [5, 5.41) is 11.1. The molecule has 2 saturated heterocycles. The maximum atomic E-state index is 13.2. The first-order valence-electron chi connectivity index (χ1n) is 10.8. The zero-order valence-electron chi connectivity index (χ0n) is 18.9. The van der Waals surface area contributed by atoms with E-state index in [0.29, 0.717) is 35.0 Å². The molecule has 2 heterocycles. The predicted molar refractivity (Wildman–Crippen MR) is 121 cm³/mol. The normalized spacial score (nSPS) is 22.0. The molecule has 0 saturated carbocycles. The molecule has 8 heteroatoms. The van der Waals surface area contributed by atoms with Gasteiger partial charge in [0, 0.05) is 18.7 Å². The average molecular weight is 453 g/mol. The summed E-state index contributed by atoms with van der Waals surface area (Å²) in [4.78, 5) is 27.8. The van der Waals surface area contributed by atoms with Gasteiger partial charge in [-0.3, -0.25) is 9.59 Å². The molecule has 2 aliphatic heterocycles. The van der Waals surface area contributed by atoms with Crippen molar-refractivity contribution in [3.05, 3.63) is 59.2 Å². The summed E-state index contributed by atoms with van der Waals surface area (Å²) in [5.41, 5.74) is 1.02. The first-order valence-corrected chi connectivity index (χ1v) is 10.8. The summed E-state index contributed by atoms with van der Waals surface area (Å²) < 4.78 is 22.1. The number of hydrogen-bond donors (Lipinski definition) is 1. The highest BCUT2D eigenvalue weighted by molar-refractivity contribution is 6.46. The lowest BCUT2D eigenvalue weighted by molar-refractivity contribution is -0.140. The summed E-state index contributed by atoms with van der Waals surface area (Å²) in [6, 6.07) is 11.2. The van der Waals surface area contributed by atoms with Gasteiger partial charge in [0.2, 0.25) is 5.75 Å². The fourth-order valence-corrected chi connectivity index (χ4v) is 4.43. The van der Waals surface area contributed by atoms with E-state index in [1.54, 1.807) is 36.4 Å². The van der Waals surface area contributed by atoms with Gasteiger partial charge in [0.25, 0.3) is 11.7 Å². The van der Waals surface area contributed by atoms with E-state index >= 15 is 0 Å². The van der Waals surface area contributed by atoms with Crippen LogP contribution in [0.15, 0.2) is 48.0 Å². The van der Waals surface area contributed by atoms with Gasteiger partial charge in [-0.25, -0.2) is 0 Å². The lowest BCUT2D eigenvalue weighted by Gasteiger charge is -2.28. The van der Waals surface area contributed by atoms with Crippen LogP contribution in [0.1, 0.15) is 30.0 Å². The van der Waals surface area contributed by atoms with Crippen LogP contribution in [-0.4, -0.2) is 62.3 Å². The van der Waals surface area contributed by atoms with E-state index in [4.69, 9.17) is 18.9 Å². The number of hydrogen-bond acceptors (Lipinski definition) is 7. The number of aliphatic hydroxyl groups is 1. The quantitative estimate of drug-likeness (QED) is 0.390. The van der Waals surface area contributed by atoms with Gasteiger partial charge in [-0.15, -0.1) is 0 Å². The zero-order valence-corrected chi connectivity index (χ0v) is 18.9. The third-order valence-corrected chi connectivity index (χ3v) is 6.01. The van der Waals surface area contributed by atoms with Crippen LogP contribution in [0.3, 0.4) is 0 Å². The number of ketones is 1. The number of methoxy groups -OCH3 is 3. The molecule has 8 nitrogen and oxygen atoms in total. The number of carbonyl (C=O) groups is 2. The van der Waals surface area contributed by atoms with E-state index in [2.05, 4.69) is 0 Å². The summed E-state index contributed by atoms with van der Waals surface area (Å²) in [5.74, 6) is -0.496. The molecule has 0 aliphatic carbocycles. The largest absolute Gasteiger partial charge is 0.507 e. The number of likely N-dealkylation sites (tertiary alicyclic amines) is 1. The number of nitrogens with zero attached hydrogens (tertiary/aromatic N) is 1. The number of carbonyl (C=O) groups excluding carboxylic acids is 2. The minimum absolute atomic E-state index is 0.0125. The second-order valence-corrected chi connectivity index (χ2v) is 7.91. The molecule has 0 spiro atoms. The van der Waals surface area contributed by atoms with Crippen molar-refractivity contribution in [2.75, 3.05) is 34.5 Å². The van der Waals surface area contributed by atoms with Crippen molar-refractivity contribution in [2.45, 2.75) is 25.0 Å². The molecule has 0 radical (unpaired) electrons. The van der Waals surface area contributed by atoms with E-state index < -0.39 is 17.7 Å². The van der Waals surface area contributed by atoms with Crippen molar-refractivity contribution in [3.63, 3.8) is 0 Å². The van der Waals surface area contributed by atoms with E-state index in [-0.39, 0.29) is 24.0 Å². The summed E-state index contributed by atoms with van der Waals surface area (Å²) in [6.07, 6.45) is 1.52. The molecule has 33 heavy (non-hydrogen) atoms. The van der Waals surface area contributed by atoms with E-state index in [1.165, 1.54) is 26.2 Å². The molecule has 2 atom stereocenters. The van der Waals surface area contributed by atoms with Gasteiger partial charge in [0.05, 0.1) is 39.0 Å². The highest BCUT2D eigenvalue weighted by Gasteiger charge is 2.47. The first-order chi connectivity index (χ1) is 16.0. The molecule has 4 rings (SSSR count). The molecule has 0 aromatic heterocycles. The van der Waals surface area contributed by atoms with Crippen LogP contribution in [0.25, 0.3) is 5.76 Å². The topological polar surface area (TPSA) is 94.5 Å². The van der Waals surface area contributed by atoms with Crippen molar-refractivity contribution < 1.29 is 33.6 Å². The highest BCUT2D eigenvalue weighted by Crippen LogP contribution is 2.46. The number of rotatable bonds is 7. The molecular formula is C25H27NO7. The number of benzene rings is 2. The van der Waals surface area contributed by atoms with Gasteiger partial charge in [0.1, 0.15) is 5.76 Å². The Hall–Kier alpha value is -3.52. The Kier molecular flexibility index (Phi) is 6.55. The van der Waals surface area contributed by atoms with Crippen LogP contribution in [-0.2, 0) is 14.3 Å². The van der Waals surface area contributed by atoms with Gasteiger partial charge in [0.15, 0.2) is 11.5 Å². The van der Waals surface area contributed by atoms with Crippen LogP contribution in [0, 0.1) is 0 Å². The minimum atomic E-state index is -0.844. The van der Waals surface area contributed by atoms with Crippen molar-refractivity contribution >= 4 is 17.4 Å². The standard InChI is InChI=1S/C25H27NO7/c1-30-18-12-16(13-19(31-2)24(18)32-3)21-20(22(27)15-8-5-4-6-9-15)23(28)25(29)26(21)14-17-10-7-11-33-17/h4-6,8-9,12-13,17,21,27H,7,10-11,14H2,1-3H3/b22-20+. The summed E-state index contributed by atoms with van der Waals surface area (Å²) in [7, 11) is 4.49. The number of aliphatic hydroxyl groups excluding tert-OH is 1. The Balaban J connectivity index is 1.90. The Morgan fingerprint density at radius 2 is 1.73 bits per heavy atom. The van der Waals surface area contributed by atoms with Gasteiger partial charge in [-0.05, 0) is 30.5 Å². The molecule has 1 amide bonds. The van der Waals surface area contributed by atoms with E-state index in [9.17, 15) is 14.7 Å². The van der Waals surface area contributed by atoms with Gasteiger partial charge < -0.3 is 29.0 Å². The maximum absolute atomic E-state index is 13.2. The molecule has 1 N–H and O–H groups in total. The summed E-state index contributed by atoms with van der Waals surface area (Å²) >= 11 is 0. The Morgan fingerprint density at radius 3 is 2.27 bits per heavy atom. The minimum Gasteiger partial charge on any atom is -0.507 e. The summed E-state index contributed by atoms with van der Waals surface area (Å²) in [6.45, 7) is 0.852.